The van der Waals surface area contributed by atoms with Gasteiger partial charge in [0.05, 0.1) is 21.8 Å². The van der Waals surface area contributed by atoms with E-state index in [1.54, 1.807) is 0 Å². The Morgan fingerprint density at radius 1 is 1.08 bits per heavy atom. The molecule has 0 spiro atoms. The van der Waals surface area contributed by atoms with Crippen molar-refractivity contribution in [2.75, 3.05) is 0 Å². The van der Waals surface area contributed by atoms with Gasteiger partial charge >= 0.3 is 71.1 Å². The topological polar surface area (TPSA) is 151 Å². The molecule has 0 aromatic heterocycles. The SMILES string of the molecule is CC(=O)Oc1cc(S(=O)(=O)[O-])cc(SOO[O-])c1OC(C)=O.[Na+].[Na+]. The summed E-state index contributed by atoms with van der Waals surface area (Å²) < 4.78 is 46.7. The van der Waals surface area contributed by atoms with Crippen LogP contribution in [0.1, 0.15) is 13.8 Å². The monoisotopic (exact) mass is 398 g/mol. The summed E-state index contributed by atoms with van der Waals surface area (Å²) in [7, 11) is -4.92. The van der Waals surface area contributed by atoms with Crippen molar-refractivity contribution in [2.24, 2.45) is 0 Å². The van der Waals surface area contributed by atoms with Gasteiger partial charge in [-0.05, 0) is 6.07 Å². The van der Waals surface area contributed by atoms with Gasteiger partial charge < -0.3 is 19.3 Å². The maximum atomic E-state index is 11.1. The number of benzene rings is 1. The predicted octanol–water partition coefficient (Wildman–Crippen LogP) is -6.32. The van der Waals surface area contributed by atoms with Crippen LogP contribution in [0.5, 0.6) is 11.5 Å². The van der Waals surface area contributed by atoms with Crippen molar-refractivity contribution in [1.29, 1.82) is 0 Å². The third kappa shape index (κ3) is 8.60. The molecule has 0 bridgehead atoms. The summed E-state index contributed by atoms with van der Waals surface area (Å²) in [5.41, 5.74) is 0. The Morgan fingerprint density at radius 2 is 1.62 bits per heavy atom. The molecule has 14 heteroatoms. The van der Waals surface area contributed by atoms with Gasteiger partial charge in [0.2, 0.25) is 0 Å². The minimum atomic E-state index is -4.92. The predicted molar refractivity (Wildman–Crippen MR) is 65.1 cm³/mol. The molecule has 122 valence electrons. The molecule has 1 aromatic rings. The smallest absolute Gasteiger partial charge is 0.744 e. The summed E-state index contributed by atoms with van der Waals surface area (Å²) >= 11 is 0.154. The third-order valence-electron chi connectivity index (χ3n) is 1.93. The number of rotatable bonds is 6. The molecule has 10 nitrogen and oxygen atoms in total. The second-order valence-corrected chi connectivity index (χ2v) is 5.73. The molecule has 1 aromatic carbocycles. The van der Waals surface area contributed by atoms with Gasteiger partial charge in [-0.1, -0.05) is 0 Å². The van der Waals surface area contributed by atoms with Crippen LogP contribution in [0.15, 0.2) is 21.9 Å². The van der Waals surface area contributed by atoms with Gasteiger partial charge in [0.15, 0.2) is 11.5 Å². The summed E-state index contributed by atoms with van der Waals surface area (Å²) in [6.07, 6.45) is 0. The minimum Gasteiger partial charge on any atom is -0.744 e. The average molecular weight is 398 g/mol. The zero-order chi connectivity index (χ0) is 16.9. The molecule has 24 heavy (non-hydrogen) atoms. The van der Waals surface area contributed by atoms with Crippen LogP contribution in [0.2, 0.25) is 0 Å². The standard InChI is InChI=1S/C10H10O10S2.2Na/c1-5(11)17-8-3-7(22(14,15)16)4-9(21-20-19-13)10(8)18-6(2)12;;/h3-4,13H,1-2H3,(H,14,15,16);;/q;2*+1/p-2. The molecule has 1 rings (SSSR count). The van der Waals surface area contributed by atoms with Crippen molar-refractivity contribution in [3.8, 4) is 11.5 Å². The fourth-order valence-corrected chi connectivity index (χ4v) is 2.37. The van der Waals surface area contributed by atoms with Crippen LogP contribution in [0, 0.1) is 0 Å². The molecule has 0 atom stereocenters. The Bertz CT molecular complexity index is 691. The van der Waals surface area contributed by atoms with E-state index in [-0.39, 0.29) is 76.1 Å². The van der Waals surface area contributed by atoms with Crippen molar-refractivity contribution in [1.82, 2.24) is 0 Å². The van der Waals surface area contributed by atoms with Gasteiger partial charge in [-0.25, -0.2) is 8.42 Å². The molecular formula is C10H8Na2O10S2. The second-order valence-electron chi connectivity index (χ2n) is 3.61. The summed E-state index contributed by atoms with van der Waals surface area (Å²) in [4.78, 5) is 21.0. The molecule has 0 aliphatic heterocycles. The number of esters is 2. The van der Waals surface area contributed by atoms with Crippen molar-refractivity contribution in [3.05, 3.63) is 12.1 Å². The molecule has 0 N–H and O–H groups in total. The van der Waals surface area contributed by atoms with E-state index in [1.807, 2.05) is 0 Å². The molecule has 0 saturated heterocycles. The fourth-order valence-electron chi connectivity index (χ4n) is 1.28. The molecule has 0 heterocycles. The van der Waals surface area contributed by atoms with E-state index in [4.69, 9.17) is 9.47 Å². The molecule has 0 amide bonds. The first-order valence-electron chi connectivity index (χ1n) is 5.29. The number of hydrogen-bond acceptors (Lipinski definition) is 11. The summed E-state index contributed by atoms with van der Waals surface area (Å²) in [6.45, 7) is 2.02. The Morgan fingerprint density at radius 3 is 2.04 bits per heavy atom. The van der Waals surface area contributed by atoms with Gasteiger partial charge in [0.25, 0.3) is 0 Å². The van der Waals surface area contributed by atoms with E-state index in [9.17, 15) is 27.8 Å². The second kappa shape index (κ2) is 11.8. The van der Waals surface area contributed by atoms with Crippen molar-refractivity contribution in [3.63, 3.8) is 0 Å². The average Bonchev–Trinajstić information content (AvgIpc) is 2.36. The quantitative estimate of drug-likeness (QED) is 0.0856. The minimum absolute atomic E-state index is 0. The van der Waals surface area contributed by atoms with E-state index >= 15 is 0 Å². The first-order chi connectivity index (χ1) is 10.1. The third-order valence-corrected chi connectivity index (χ3v) is 3.35. The molecular weight excluding hydrogens is 390 g/mol. The van der Waals surface area contributed by atoms with Gasteiger partial charge in [-0.2, -0.15) is 4.33 Å². The largest absolute Gasteiger partial charge is 1.00 e. The van der Waals surface area contributed by atoms with Crippen LogP contribution in [0.25, 0.3) is 0 Å². The molecule has 0 aliphatic rings. The summed E-state index contributed by atoms with van der Waals surface area (Å²) in [5, 5.41) is 13.0. The number of carbonyl (C=O) groups is 2. The maximum Gasteiger partial charge on any atom is 1.00 e. The van der Waals surface area contributed by atoms with Gasteiger partial charge in [0, 0.05) is 19.9 Å². The normalized spacial score (nSPS) is 10.2. The Hall–Kier alpha value is 0.300. The maximum absolute atomic E-state index is 11.1. The zero-order valence-electron chi connectivity index (χ0n) is 13.1. The van der Waals surface area contributed by atoms with Crippen molar-refractivity contribution < 1.29 is 106 Å². The molecule has 0 aliphatic carbocycles. The number of hydrogen-bond donors (Lipinski definition) is 0. The zero-order valence-corrected chi connectivity index (χ0v) is 18.7. The number of ether oxygens (including phenoxy) is 2. The van der Waals surface area contributed by atoms with Crippen LogP contribution >= 0.6 is 12.0 Å². The van der Waals surface area contributed by atoms with Crippen LogP contribution in [0.3, 0.4) is 0 Å². The Kier molecular flexibility index (Phi) is 13.1. The molecule has 0 radical (unpaired) electrons. The van der Waals surface area contributed by atoms with E-state index in [0.29, 0.717) is 6.07 Å². The van der Waals surface area contributed by atoms with Crippen molar-refractivity contribution >= 4 is 34.1 Å². The molecule has 0 unspecified atom stereocenters. The van der Waals surface area contributed by atoms with Crippen molar-refractivity contribution in [2.45, 2.75) is 23.6 Å². The first-order valence-corrected chi connectivity index (χ1v) is 7.44. The Labute approximate surface area is 185 Å². The van der Waals surface area contributed by atoms with Gasteiger partial charge in [-0.15, -0.1) is 0 Å². The fraction of sp³-hybridized carbons (Fsp3) is 0.200. The molecule has 0 saturated carbocycles. The van der Waals surface area contributed by atoms with E-state index in [2.05, 4.69) is 9.37 Å². The van der Waals surface area contributed by atoms with Gasteiger partial charge in [0.1, 0.15) is 10.1 Å². The summed E-state index contributed by atoms with van der Waals surface area (Å²) in [6, 6.07) is 1.46. The first kappa shape index (κ1) is 26.5. The van der Waals surface area contributed by atoms with E-state index in [1.165, 1.54) is 0 Å². The molecule has 0 fully saturated rings. The van der Waals surface area contributed by atoms with E-state index < -0.39 is 38.5 Å². The Balaban J connectivity index is 0. The van der Waals surface area contributed by atoms with Crippen LogP contribution in [-0.4, -0.2) is 24.9 Å². The van der Waals surface area contributed by atoms with Crippen LogP contribution < -0.4 is 73.8 Å². The summed E-state index contributed by atoms with van der Waals surface area (Å²) in [5.74, 6) is -2.64. The van der Waals surface area contributed by atoms with Crippen LogP contribution in [-0.2, 0) is 29.1 Å². The number of carbonyl (C=O) groups excluding carboxylic acids is 2. The van der Waals surface area contributed by atoms with Gasteiger partial charge in [-0.3, -0.25) is 14.6 Å². The van der Waals surface area contributed by atoms with E-state index in [0.717, 1.165) is 19.9 Å². The van der Waals surface area contributed by atoms with Crippen LogP contribution in [0.4, 0.5) is 0 Å².